The van der Waals surface area contributed by atoms with Crippen molar-refractivity contribution in [3.8, 4) is 0 Å². The largest absolute Gasteiger partial charge is 0.339 e. The van der Waals surface area contributed by atoms with Crippen LogP contribution >= 0.6 is 0 Å². The molecule has 2 aliphatic heterocycles. The van der Waals surface area contributed by atoms with Gasteiger partial charge < -0.3 is 4.90 Å². The molecule has 4 aliphatic rings. The quantitative estimate of drug-likeness (QED) is 0.840. The molecule has 5 heteroatoms. The van der Waals surface area contributed by atoms with E-state index in [0.29, 0.717) is 30.3 Å². The van der Waals surface area contributed by atoms with Crippen molar-refractivity contribution in [3.63, 3.8) is 0 Å². The Labute approximate surface area is 159 Å². The van der Waals surface area contributed by atoms with E-state index in [1.54, 1.807) is 10.9 Å². The molecule has 4 atom stereocenters. The molecule has 1 amide bonds. The van der Waals surface area contributed by atoms with Crippen LogP contribution in [0.1, 0.15) is 44.1 Å². The number of benzene rings is 1. The fourth-order valence-electron chi connectivity index (χ4n) is 5.95. The van der Waals surface area contributed by atoms with Gasteiger partial charge in [0.1, 0.15) is 0 Å². The first-order valence-corrected chi connectivity index (χ1v) is 10.3. The van der Waals surface area contributed by atoms with E-state index in [9.17, 15) is 9.59 Å². The summed E-state index contributed by atoms with van der Waals surface area (Å²) in [6.45, 7) is 3.31. The lowest BCUT2D eigenvalue weighted by Gasteiger charge is -2.39. The molecule has 27 heavy (non-hydrogen) atoms. The molecule has 3 heterocycles. The van der Waals surface area contributed by atoms with Gasteiger partial charge in [0, 0.05) is 25.6 Å². The number of para-hydroxylation sites is 1. The molecule has 6 rings (SSSR count). The molecule has 2 aliphatic carbocycles. The van der Waals surface area contributed by atoms with Gasteiger partial charge >= 0.3 is 0 Å². The molecule has 4 fully saturated rings. The van der Waals surface area contributed by atoms with Crippen molar-refractivity contribution in [2.24, 2.45) is 17.8 Å². The van der Waals surface area contributed by atoms with Crippen LogP contribution in [0, 0.1) is 24.7 Å². The van der Waals surface area contributed by atoms with Crippen LogP contribution in [-0.2, 0) is 11.3 Å². The molecule has 2 aromatic rings. The molecule has 2 saturated carbocycles. The Bertz CT molecular complexity index is 936. The highest BCUT2D eigenvalue weighted by atomic mass is 16.2. The Morgan fingerprint density at radius 1 is 1.11 bits per heavy atom. The van der Waals surface area contributed by atoms with Crippen LogP contribution in [-0.4, -0.2) is 32.9 Å². The fraction of sp³-hybridized carbons (Fsp3) is 0.591. The zero-order valence-corrected chi connectivity index (χ0v) is 15.9. The number of fused-ring (bicyclic) bond motifs is 2. The number of hydrogen-bond donors (Lipinski definition) is 0. The highest BCUT2D eigenvalue weighted by Crippen LogP contribution is 2.47. The minimum atomic E-state index is -0.0487. The number of amides is 1. The van der Waals surface area contributed by atoms with Crippen molar-refractivity contribution in [3.05, 3.63) is 40.4 Å². The number of rotatable bonds is 3. The second-order valence-corrected chi connectivity index (χ2v) is 8.94. The monoisotopic (exact) mass is 365 g/mol. The predicted molar refractivity (Wildman–Crippen MR) is 104 cm³/mol. The van der Waals surface area contributed by atoms with E-state index >= 15 is 0 Å². The molecule has 4 bridgehead atoms. The van der Waals surface area contributed by atoms with Crippen LogP contribution in [0.15, 0.2) is 29.3 Å². The maximum atomic E-state index is 13.0. The summed E-state index contributed by atoms with van der Waals surface area (Å²) in [5, 5.41) is 0.635. The zero-order chi connectivity index (χ0) is 18.5. The van der Waals surface area contributed by atoms with Crippen molar-refractivity contribution in [2.45, 2.75) is 58.0 Å². The van der Waals surface area contributed by atoms with E-state index in [0.717, 1.165) is 29.5 Å². The number of aryl methyl sites for hydroxylation is 2. The van der Waals surface area contributed by atoms with E-state index in [4.69, 9.17) is 0 Å². The summed E-state index contributed by atoms with van der Waals surface area (Å²) in [4.78, 5) is 32.4. The van der Waals surface area contributed by atoms with Crippen LogP contribution in [0.5, 0.6) is 0 Å². The summed E-state index contributed by atoms with van der Waals surface area (Å²) in [6.07, 6.45) is 8.37. The van der Waals surface area contributed by atoms with Crippen LogP contribution in [0.2, 0.25) is 0 Å². The number of carbonyl (C=O) groups excluding carboxylic acids is 1. The predicted octanol–water partition coefficient (Wildman–Crippen LogP) is 3.13. The minimum Gasteiger partial charge on any atom is -0.339 e. The Morgan fingerprint density at radius 3 is 2.63 bits per heavy atom. The van der Waals surface area contributed by atoms with Crippen molar-refractivity contribution in [1.29, 1.82) is 0 Å². The standard InChI is InChI=1S/C22H27N3O2/c1-14-3-2-4-19-21(14)23-13-24(22(19)27)6-5-20(26)25-12-17-8-15-7-16(9-17)11-18(25)10-15/h2-4,13,15-18H,5-12H2,1H3/t15-,16+,17?,18?. The van der Waals surface area contributed by atoms with E-state index in [-0.39, 0.29) is 11.5 Å². The first-order valence-electron chi connectivity index (χ1n) is 10.3. The molecular formula is C22H27N3O2. The second-order valence-electron chi connectivity index (χ2n) is 8.94. The molecule has 2 unspecified atom stereocenters. The van der Waals surface area contributed by atoms with E-state index in [1.807, 2.05) is 25.1 Å². The minimum absolute atomic E-state index is 0.0487. The van der Waals surface area contributed by atoms with Crippen molar-refractivity contribution < 1.29 is 4.79 Å². The summed E-state index contributed by atoms with van der Waals surface area (Å²) in [5.41, 5.74) is 1.71. The molecule has 2 saturated heterocycles. The van der Waals surface area contributed by atoms with Gasteiger partial charge in [0.25, 0.3) is 5.56 Å². The van der Waals surface area contributed by atoms with E-state index < -0.39 is 0 Å². The van der Waals surface area contributed by atoms with E-state index in [2.05, 4.69) is 9.88 Å². The lowest BCUT2D eigenvalue weighted by molar-refractivity contribution is -0.134. The first-order chi connectivity index (χ1) is 13.1. The third kappa shape index (κ3) is 2.97. The maximum absolute atomic E-state index is 13.0. The maximum Gasteiger partial charge on any atom is 0.261 e. The Hall–Kier alpha value is -2.17. The van der Waals surface area contributed by atoms with Crippen molar-refractivity contribution in [1.82, 2.24) is 14.5 Å². The lowest BCUT2D eigenvalue weighted by atomic mass is 9.68. The highest BCUT2D eigenvalue weighted by Gasteiger charge is 2.43. The molecule has 1 aromatic carbocycles. The molecule has 5 nitrogen and oxygen atoms in total. The van der Waals surface area contributed by atoms with Gasteiger partial charge in [-0.1, -0.05) is 12.1 Å². The second kappa shape index (κ2) is 6.47. The number of hydrogen-bond acceptors (Lipinski definition) is 3. The average Bonchev–Trinajstić information content (AvgIpc) is 2.85. The molecule has 0 spiro atoms. The lowest BCUT2D eigenvalue weighted by Crippen LogP contribution is -2.42. The van der Waals surface area contributed by atoms with Gasteiger partial charge in [-0.25, -0.2) is 4.98 Å². The van der Waals surface area contributed by atoms with E-state index in [1.165, 1.54) is 32.1 Å². The van der Waals surface area contributed by atoms with Crippen molar-refractivity contribution >= 4 is 16.8 Å². The normalized spacial score (nSPS) is 29.3. The van der Waals surface area contributed by atoms with Gasteiger partial charge in [-0.15, -0.1) is 0 Å². The first kappa shape index (κ1) is 17.0. The topological polar surface area (TPSA) is 55.2 Å². The molecule has 142 valence electrons. The molecular weight excluding hydrogens is 338 g/mol. The van der Waals surface area contributed by atoms with Gasteiger partial charge in [0.05, 0.1) is 17.2 Å². The average molecular weight is 365 g/mol. The van der Waals surface area contributed by atoms with Crippen LogP contribution in [0.25, 0.3) is 10.9 Å². The highest BCUT2D eigenvalue weighted by molar-refractivity contribution is 5.80. The van der Waals surface area contributed by atoms with Gasteiger partial charge in [-0.05, 0) is 68.4 Å². The smallest absolute Gasteiger partial charge is 0.261 e. The third-order valence-corrected chi connectivity index (χ3v) is 7.05. The van der Waals surface area contributed by atoms with Crippen LogP contribution in [0.3, 0.4) is 0 Å². The summed E-state index contributed by atoms with van der Waals surface area (Å²) >= 11 is 0. The number of carbonyl (C=O) groups is 1. The fourth-order valence-corrected chi connectivity index (χ4v) is 5.95. The molecule has 0 N–H and O–H groups in total. The Balaban J connectivity index is 1.33. The summed E-state index contributed by atoms with van der Waals surface area (Å²) < 4.78 is 1.60. The van der Waals surface area contributed by atoms with Crippen molar-refractivity contribution in [2.75, 3.05) is 6.54 Å². The van der Waals surface area contributed by atoms with Gasteiger partial charge in [0.15, 0.2) is 0 Å². The van der Waals surface area contributed by atoms with Gasteiger partial charge in [-0.3, -0.25) is 14.2 Å². The summed E-state index contributed by atoms with van der Waals surface area (Å²) in [7, 11) is 0. The Morgan fingerprint density at radius 2 is 1.85 bits per heavy atom. The van der Waals surface area contributed by atoms with Crippen LogP contribution < -0.4 is 5.56 Å². The third-order valence-electron chi connectivity index (χ3n) is 7.05. The summed E-state index contributed by atoms with van der Waals surface area (Å²) in [6, 6.07) is 6.10. The molecule has 0 radical (unpaired) electrons. The van der Waals surface area contributed by atoms with Crippen LogP contribution in [0.4, 0.5) is 0 Å². The zero-order valence-electron chi connectivity index (χ0n) is 15.9. The number of aromatic nitrogens is 2. The molecule has 1 aromatic heterocycles. The summed E-state index contributed by atoms with van der Waals surface area (Å²) in [5.74, 6) is 2.57. The van der Waals surface area contributed by atoms with Gasteiger partial charge in [-0.2, -0.15) is 0 Å². The van der Waals surface area contributed by atoms with Gasteiger partial charge in [0.2, 0.25) is 5.91 Å². The number of nitrogens with zero attached hydrogens (tertiary/aromatic N) is 3. The Kier molecular flexibility index (Phi) is 4.06. The SMILES string of the molecule is Cc1cccc2c(=O)n(CCC(=O)N3CC4C[C@@H]5CC3C[C@H](C4)C5)cnc12.